The molecule has 0 aromatic heterocycles. The molecule has 8 nitrogen and oxygen atoms in total. The summed E-state index contributed by atoms with van der Waals surface area (Å²) in [6, 6.07) is 6.91. The summed E-state index contributed by atoms with van der Waals surface area (Å²) in [4.78, 5) is 0. The minimum absolute atomic E-state index is 0.0361. The number of rotatable bonds is 4. The smallest absolute Gasteiger partial charge is 0.301 e. The van der Waals surface area contributed by atoms with Crippen LogP contribution in [0.5, 0.6) is 5.75 Å². The predicted molar refractivity (Wildman–Crippen MR) is 90.8 cm³/mol. The van der Waals surface area contributed by atoms with Crippen LogP contribution in [-0.4, -0.2) is 59.7 Å². The van der Waals surface area contributed by atoms with E-state index in [2.05, 4.69) is 4.72 Å². The predicted octanol–water partition coefficient (Wildman–Crippen LogP) is 0.144. The number of hydrogen-bond acceptors (Lipinski definition) is 5. The Labute approximate surface area is 142 Å². The van der Waals surface area contributed by atoms with Gasteiger partial charge in [0.2, 0.25) is 10.0 Å². The fourth-order valence-electron chi connectivity index (χ4n) is 2.91. The van der Waals surface area contributed by atoms with E-state index in [0.29, 0.717) is 50.5 Å². The molecule has 0 spiro atoms. The van der Waals surface area contributed by atoms with Crippen molar-refractivity contribution in [3.8, 4) is 5.75 Å². The molecule has 1 aromatic rings. The SMILES string of the molecule is CS(=O)(=O)N1CCC(Oc2ccc(N3CCNS3(=O)=O)cc2)CC1. The number of nitrogens with one attached hydrogen (secondary N) is 1. The molecule has 0 radical (unpaired) electrons. The number of ether oxygens (including phenoxy) is 1. The van der Waals surface area contributed by atoms with Gasteiger partial charge in [-0.25, -0.2) is 12.7 Å². The van der Waals surface area contributed by atoms with Crippen molar-refractivity contribution >= 4 is 25.9 Å². The van der Waals surface area contributed by atoms with Crippen molar-refractivity contribution in [2.75, 3.05) is 36.7 Å². The van der Waals surface area contributed by atoms with Gasteiger partial charge in [-0.05, 0) is 37.1 Å². The van der Waals surface area contributed by atoms with E-state index in [0.717, 1.165) is 0 Å². The number of nitrogens with zero attached hydrogens (tertiary/aromatic N) is 2. The summed E-state index contributed by atoms with van der Waals surface area (Å²) in [5, 5.41) is 0. The van der Waals surface area contributed by atoms with E-state index in [1.165, 1.54) is 14.9 Å². The molecule has 0 saturated carbocycles. The minimum Gasteiger partial charge on any atom is -0.490 e. The Hall–Kier alpha value is -1.36. The van der Waals surface area contributed by atoms with E-state index < -0.39 is 20.2 Å². The maximum absolute atomic E-state index is 11.8. The first-order valence-corrected chi connectivity index (χ1v) is 11.0. The lowest BCUT2D eigenvalue weighted by Gasteiger charge is -2.30. The highest BCUT2D eigenvalue weighted by atomic mass is 32.2. The molecule has 0 aliphatic carbocycles. The minimum atomic E-state index is -3.42. The first kappa shape index (κ1) is 17.5. The van der Waals surface area contributed by atoms with Crippen LogP contribution in [0.4, 0.5) is 5.69 Å². The zero-order valence-corrected chi connectivity index (χ0v) is 15.0. The van der Waals surface area contributed by atoms with Gasteiger partial charge in [0.15, 0.2) is 0 Å². The summed E-state index contributed by atoms with van der Waals surface area (Å²) < 4.78 is 57.7. The molecule has 134 valence electrons. The first-order chi connectivity index (χ1) is 11.3. The van der Waals surface area contributed by atoms with E-state index in [9.17, 15) is 16.8 Å². The molecule has 0 bridgehead atoms. The monoisotopic (exact) mass is 375 g/mol. The van der Waals surface area contributed by atoms with E-state index in [4.69, 9.17) is 4.74 Å². The zero-order valence-electron chi connectivity index (χ0n) is 13.4. The number of benzene rings is 1. The molecule has 2 fully saturated rings. The molecular formula is C14H21N3O5S2. The highest BCUT2D eigenvalue weighted by Gasteiger charge is 2.28. The molecule has 24 heavy (non-hydrogen) atoms. The Morgan fingerprint density at radius 3 is 2.25 bits per heavy atom. The van der Waals surface area contributed by atoms with E-state index in [-0.39, 0.29) is 6.10 Å². The fourth-order valence-corrected chi connectivity index (χ4v) is 5.02. The van der Waals surface area contributed by atoms with E-state index in [1.54, 1.807) is 24.3 Å². The number of piperidine rings is 1. The van der Waals surface area contributed by atoms with Gasteiger partial charge in [0, 0.05) is 26.2 Å². The van der Waals surface area contributed by atoms with Gasteiger partial charge in [-0.3, -0.25) is 4.31 Å². The van der Waals surface area contributed by atoms with Gasteiger partial charge in [-0.15, -0.1) is 0 Å². The van der Waals surface area contributed by atoms with Crippen LogP contribution < -0.4 is 13.8 Å². The standard InChI is InChI=1S/C14H21N3O5S2/c1-23(18,19)16-9-6-14(7-10-16)22-13-4-2-12(3-5-13)17-11-8-15-24(17,20)21/h2-5,14-15H,6-11H2,1H3. The Morgan fingerprint density at radius 1 is 1.12 bits per heavy atom. The highest BCUT2D eigenvalue weighted by Crippen LogP contribution is 2.25. The third-order valence-electron chi connectivity index (χ3n) is 4.19. The molecule has 3 rings (SSSR count). The topological polar surface area (TPSA) is 96.0 Å². The van der Waals surface area contributed by atoms with Crippen molar-refractivity contribution in [3.63, 3.8) is 0 Å². The molecule has 0 atom stereocenters. The summed E-state index contributed by atoms with van der Waals surface area (Å²) in [5.41, 5.74) is 0.597. The third-order valence-corrected chi connectivity index (χ3v) is 7.03. The van der Waals surface area contributed by atoms with Gasteiger partial charge in [-0.1, -0.05) is 0 Å². The van der Waals surface area contributed by atoms with Crippen LogP contribution in [0.15, 0.2) is 24.3 Å². The Kier molecular flexibility index (Phi) is 4.73. The second-order valence-corrected chi connectivity index (χ2v) is 9.61. The van der Waals surface area contributed by atoms with Crippen LogP contribution in [0, 0.1) is 0 Å². The van der Waals surface area contributed by atoms with Gasteiger partial charge in [-0.2, -0.15) is 13.1 Å². The molecule has 2 heterocycles. The van der Waals surface area contributed by atoms with Gasteiger partial charge in [0.05, 0.1) is 11.9 Å². The average molecular weight is 375 g/mol. The molecule has 1 aromatic carbocycles. The van der Waals surface area contributed by atoms with Gasteiger partial charge in [0.1, 0.15) is 11.9 Å². The van der Waals surface area contributed by atoms with Crippen LogP contribution >= 0.6 is 0 Å². The molecule has 0 amide bonds. The van der Waals surface area contributed by atoms with Crippen molar-refractivity contribution in [3.05, 3.63) is 24.3 Å². The molecule has 10 heteroatoms. The molecule has 1 N–H and O–H groups in total. The second kappa shape index (κ2) is 6.51. The lowest BCUT2D eigenvalue weighted by Crippen LogP contribution is -2.41. The van der Waals surface area contributed by atoms with Crippen molar-refractivity contribution in [2.45, 2.75) is 18.9 Å². The quantitative estimate of drug-likeness (QED) is 0.808. The largest absolute Gasteiger partial charge is 0.490 e. The Bertz CT molecular complexity index is 784. The fraction of sp³-hybridized carbons (Fsp3) is 0.571. The third kappa shape index (κ3) is 3.82. The lowest BCUT2D eigenvalue weighted by atomic mass is 10.1. The maximum Gasteiger partial charge on any atom is 0.301 e. The van der Waals surface area contributed by atoms with Crippen LogP contribution in [0.2, 0.25) is 0 Å². The summed E-state index contributed by atoms with van der Waals surface area (Å²) in [6.45, 7) is 1.73. The van der Waals surface area contributed by atoms with Gasteiger partial charge in [0.25, 0.3) is 0 Å². The zero-order chi connectivity index (χ0) is 17.4. The van der Waals surface area contributed by atoms with Gasteiger partial charge < -0.3 is 4.74 Å². The van der Waals surface area contributed by atoms with Crippen LogP contribution in [0.25, 0.3) is 0 Å². The summed E-state index contributed by atoms with van der Waals surface area (Å²) in [5.74, 6) is 0.654. The maximum atomic E-state index is 11.8. The van der Waals surface area contributed by atoms with Crippen molar-refractivity contribution in [1.29, 1.82) is 0 Å². The number of anilines is 1. The van der Waals surface area contributed by atoms with Crippen LogP contribution in [0.1, 0.15) is 12.8 Å². The van der Waals surface area contributed by atoms with E-state index in [1.807, 2.05) is 0 Å². The Morgan fingerprint density at radius 2 is 1.75 bits per heavy atom. The summed E-state index contributed by atoms with van der Waals surface area (Å²) in [7, 11) is -6.56. The van der Waals surface area contributed by atoms with Crippen molar-refractivity contribution < 1.29 is 21.6 Å². The lowest BCUT2D eigenvalue weighted by molar-refractivity contribution is 0.135. The highest BCUT2D eigenvalue weighted by molar-refractivity contribution is 7.91. The molecular weight excluding hydrogens is 354 g/mol. The average Bonchev–Trinajstić information content (AvgIpc) is 2.87. The molecule has 0 unspecified atom stereocenters. The summed E-state index contributed by atoms with van der Waals surface area (Å²) in [6.07, 6.45) is 2.46. The van der Waals surface area contributed by atoms with Crippen LogP contribution in [-0.2, 0) is 20.2 Å². The van der Waals surface area contributed by atoms with Crippen LogP contribution in [0.3, 0.4) is 0 Å². The first-order valence-electron chi connectivity index (χ1n) is 7.75. The van der Waals surface area contributed by atoms with Crippen molar-refractivity contribution in [1.82, 2.24) is 9.03 Å². The van der Waals surface area contributed by atoms with Crippen molar-refractivity contribution in [2.24, 2.45) is 0 Å². The second-order valence-electron chi connectivity index (χ2n) is 5.94. The molecule has 2 aliphatic heterocycles. The Balaban J connectivity index is 1.60. The van der Waals surface area contributed by atoms with Gasteiger partial charge >= 0.3 is 10.2 Å². The number of hydrogen-bond donors (Lipinski definition) is 1. The summed E-state index contributed by atoms with van der Waals surface area (Å²) >= 11 is 0. The number of sulfonamides is 1. The van der Waals surface area contributed by atoms with E-state index >= 15 is 0 Å². The normalized spacial score (nSPS) is 22.6. The molecule has 2 aliphatic rings. The molecule has 2 saturated heterocycles.